The number of aromatic nitrogens is 1. The fourth-order valence-corrected chi connectivity index (χ4v) is 1.64. The number of hydrogen-bond acceptors (Lipinski definition) is 3. The van der Waals surface area contributed by atoms with Gasteiger partial charge in [-0.25, -0.2) is 0 Å². The molecule has 16 heavy (non-hydrogen) atoms. The van der Waals surface area contributed by atoms with Gasteiger partial charge in [0.15, 0.2) is 0 Å². The van der Waals surface area contributed by atoms with Crippen molar-refractivity contribution in [3.05, 3.63) is 29.6 Å². The first-order valence-corrected chi connectivity index (χ1v) is 5.94. The van der Waals surface area contributed by atoms with Crippen LogP contribution in [-0.4, -0.2) is 34.2 Å². The molecule has 1 aromatic rings. The van der Waals surface area contributed by atoms with Crippen LogP contribution >= 0.6 is 0 Å². The van der Waals surface area contributed by atoms with Crippen molar-refractivity contribution in [1.82, 2.24) is 9.88 Å². The number of rotatable bonds is 6. The lowest BCUT2D eigenvalue weighted by molar-refractivity contribution is 0.155. The van der Waals surface area contributed by atoms with E-state index in [0.717, 1.165) is 37.4 Å². The predicted molar refractivity (Wildman–Crippen MR) is 66.2 cm³/mol. The molecule has 0 aliphatic heterocycles. The van der Waals surface area contributed by atoms with Crippen LogP contribution in [0.3, 0.4) is 0 Å². The van der Waals surface area contributed by atoms with Crippen LogP contribution in [0.5, 0.6) is 0 Å². The first-order chi connectivity index (χ1) is 7.61. The second-order valence-corrected chi connectivity index (χ2v) is 4.28. The highest BCUT2D eigenvalue weighted by atomic mass is 16.3. The summed E-state index contributed by atoms with van der Waals surface area (Å²) in [4.78, 5) is 6.78. The quantitative estimate of drug-likeness (QED) is 0.799. The largest absolute Gasteiger partial charge is 0.393 e. The summed E-state index contributed by atoms with van der Waals surface area (Å²) in [5.74, 6) is 0. The summed E-state index contributed by atoms with van der Waals surface area (Å²) in [6.07, 6.45) is 0.596. The van der Waals surface area contributed by atoms with Crippen molar-refractivity contribution in [2.45, 2.75) is 39.8 Å². The van der Waals surface area contributed by atoms with Crippen LogP contribution in [0.15, 0.2) is 18.2 Å². The Kier molecular flexibility index (Phi) is 5.43. The highest BCUT2D eigenvalue weighted by molar-refractivity contribution is 5.09. The van der Waals surface area contributed by atoms with Gasteiger partial charge in [-0.15, -0.1) is 0 Å². The Labute approximate surface area is 98.1 Å². The Balaban J connectivity index is 2.49. The van der Waals surface area contributed by atoms with Crippen LogP contribution in [0.4, 0.5) is 0 Å². The molecule has 0 bridgehead atoms. The second-order valence-electron chi connectivity index (χ2n) is 4.28. The lowest BCUT2D eigenvalue weighted by atomic mass is 10.2. The minimum Gasteiger partial charge on any atom is -0.393 e. The van der Waals surface area contributed by atoms with Crippen LogP contribution in [-0.2, 0) is 6.54 Å². The first-order valence-electron chi connectivity index (χ1n) is 5.94. The molecule has 3 heteroatoms. The Morgan fingerprint density at radius 3 is 2.75 bits per heavy atom. The second kappa shape index (κ2) is 6.61. The van der Waals surface area contributed by atoms with Crippen molar-refractivity contribution in [3.8, 4) is 0 Å². The fraction of sp³-hybridized carbons (Fsp3) is 0.615. The first kappa shape index (κ1) is 13.1. The number of aliphatic hydroxyl groups excluding tert-OH is 1. The molecule has 1 N–H and O–H groups in total. The van der Waals surface area contributed by atoms with E-state index in [1.54, 1.807) is 0 Å². The van der Waals surface area contributed by atoms with E-state index in [4.69, 9.17) is 0 Å². The van der Waals surface area contributed by atoms with E-state index >= 15 is 0 Å². The number of aryl methyl sites for hydroxylation is 1. The highest BCUT2D eigenvalue weighted by Gasteiger charge is 2.06. The zero-order valence-electron chi connectivity index (χ0n) is 10.5. The van der Waals surface area contributed by atoms with Crippen molar-refractivity contribution in [2.24, 2.45) is 0 Å². The van der Waals surface area contributed by atoms with Gasteiger partial charge in [-0.05, 0) is 38.9 Å². The summed E-state index contributed by atoms with van der Waals surface area (Å²) in [6.45, 7) is 8.75. The van der Waals surface area contributed by atoms with E-state index in [-0.39, 0.29) is 6.10 Å². The number of aliphatic hydroxyl groups is 1. The van der Waals surface area contributed by atoms with Crippen LogP contribution in [0, 0.1) is 6.92 Å². The molecule has 3 nitrogen and oxygen atoms in total. The van der Waals surface area contributed by atoms with Crippen molar-refractivity contribution in [1.29, 1.82) is 0 Å². The van der Waals surface area contributed by atoms with Crippen molar-refractivity contribution in [3.63, 3.8) is 0 Å². The van der Waals surface area contributed by atoms with Crippen molar-refractivity contribution >= 4 is 0 Å². The molecule has 0 spiro atoms. The SMILES string of the molecule is CCN(CCC(C)O)Cc1cccc(C)n1. The van der Waals surface area contributed by atoms with Gasteiger partial charge in [0.25, 0.3) is 0 Å². The third-order valence-corrected chi connectivity index (χ3v) is 2.64. The molecule has 0 aromatic carbocycles. The molecule has 1 rings (SSSR count). The monoisotopic (exact) mass is 222 g/mol. The van der Waals surface area contributed by atoms with Gasteiger partial charge in [0.2, 0.25) is 0 Å². The summed E-state index contributed by atoms with van der Waals surface area (Å²) >= 11 is 0. The summed E-state index contributed by atoms with van der Waals surface area (Å²) in [5.41, 5.74) is 2.16. The summed E-state index contributed by atoms with van der Waals surface area (Å²) in [7, 11) is 0. The Hall–Kier alpha value is -0.930. The number of pyridine rings is 1. The summed E-state index contributed by atoms with van der Waals surface area (Å²) in [6, 6.07) is 6.10. The molecule has 0 fully saturated rings. The maximum Gasteiger partial charge on any atom is 0.0547 e. The van der Waals surface area contributed by atoms with Crippen molar-refractivity contribution < 1.29 is 5.11 Å². The van der Waals surface area contributed by atoms with Gasteiger partial charge in [0.05, 0.1) is 11.8 Å². The minimum absolute atomic E-state index is 0.223. The van der Waals surface area contributed by atoms with E-state index in [2.05, 4.69) is 22.9 Å². The zero-order chi connectivity index (χ0) is 12.0. The average molecular weight is 222 g/mol. The third-order valence-electron chi connectivity index (χ3n) is 2.64. The van der Waals surface area contributed by atoms with Gasteiger partial charge >= 0.3 is 0 Å². The van der Waals surface area contributed by atoms with Crippen molar-refractivity contribution in [2.75, 3.05) is 13.1 Å². The Morgan fingerprint density at radius 2 is 2.19 bits per heavy atom. The molecule has 0 radical (unpaired) electrons. The van der Waals surface area contributed by atoms with Gasteiger partial charge in [-0.1, -0.05) is 13.0 Å². The molecule has 1 unspecified atom stereocenters. The topological polar surface area (TPSA) is 36.4 Å². The van der Waals surface area contributed by atoms with Gasteiger partial charge < -0.3 is 5.11 Å². The fourth-order valence-electron chi connectivity index (χ4n) is 1.64. The van der Waals surface area contributed by atoms with Crippen LogP contribution in [0.2, 0.25) is 0 Å². The van der Waals surface area contributed by atoms with Crippen LogP contribution < -0.4 is 0 Å². The smallest absolute Gasteiger partial charge is 0.0547 e. The number of hydrogen-bond donors (Lipinski definition) is 1. The summed E-state index contributed by atoms with van der Waals surface area (Å²) < 4.78 is 0. The van der Waals surface area contributed by atoms with E-state index < -0.39 is 0 Å². The molecule has 90 valence electrons. The third kappa shape index (κ3) is 4.73. The molecule has 0 saturated heterocycles. The maximum absolute atomic E-state index is 9.26. The molecule has 0 saturated carbocycles. The van der Waals surface area contributed by atoms with E-state index in [0.29, 0.717) is 0 Å². The zero-order valence-corrected chi connectivity index (χ0v) is 10.5. The predicted octanol–water partition coefficient (Wildman–Crippen LogP) is 1.98. The molecule has 1 heterocycles. The van der Waals surface area contributed by atoms with Gasteiger partial charge in [0, 0.05) is 18.8 Å². The van der Waals surface area contributed by atoms with E-state index in [1.165, 1.54) is 0 Å². The lowest BCUT2D eigenvalue weighted by Gasteiger charge is -2.20. The minimum atomic E-state index is -0.223. The molecular formula is C13H22N2O. The van der Waals surface area contributed by atoms with E-state index in [9.17, 15) is 5.11 Å². The van der Waals surface area contributed by atoms with Gasteiger partial charge in [-0.3, -0.25) is 9.88 Å². The standard InChI is InChI=1S/C13H22N2O/c1-4-15(9-8-12(3)16)10-13-7-5-6-11(2)14-13/h5-7,12,16H,4,8-10H2,1-3H3. The van der Waals surface area contributed by atoms with Gasteiger partial charge in [0.1, 0.15) is 0 Å². The molecular weight excluding hydrogens is 200 g/mol. The Morgan fingerprint density at radius 1 is 1.44 bits per heavy atom. The number of nitrogens with zero attached hydrogens (tertiary/aromatic N) is 2. The molecule has 1 aromatic heterocycles. The average Bonchev–Trinajstić information content (AvgIpc) is 2.24. The maximum atomic E-state index is 9.26. The van der Waals surface area contributed by atoms with Gasteiger partial charge in [-0.2, -0.15) is 0 Å². The summed E-state index contributed by atoms with van der Waals surface area (Å²) in [5, 5.41) is 9.26. The molecule has 0 aliphatic rings. The normalized spacial score (nSPS) is 13.1. The van der Waals surface area contributed by atoms with E-state index in [1.807, 2.05) is 26.0 Å². The van der Waals surface area contributed by atoms with Crippen LogP contribution in [0.25, 0.3) is 0 Å². The Bertz CT molecular complexity index is 313. The molecule has 0 aliphatic carbocycles. The lowest BCUT2D eigenvalue weighted by Crippen LogP contribution is -2.26. The molecule has 0 amide bonds. The molecule has 1 atom stereocenters. The van der Waals surface area contributed by atoms with Crippen LogP contribution in [0.1, 0.15) is 31.7 Å². The highest BCUT2D eigenvalue weighted by Crippen LogP contribution is 2.04.